The van der Waals surface area contributed by atoms with Crippen LogP contribution in [0.15, 0.2) is 0 Å². The molecule has 0 aliphatic carbocycles. The molecular weight excluding hydrogens is 222 g/mol. The van der Waals surface area contributed by atoms with Gasteiger partial charge in [0, 0.05) is 32.1 Å². The van der Waals surface area contributed by atoms with Crippen molar-refractivity contribution < 1.29 is 4.79 Å². The number of carbonyl (C=O) groups is 1. The molecule has 0 aromatic carbocycles. The van der Waals surface area contributed by atoms with E-state index < -0.39 is 0 Å². The lowest BCUT2D eigenvalue weighted by molar-refractivity contribution is -0.136. The van der Waals surface area contributed by atoms with E-state index in [2.05, 4.69) is 0 Å². The summed E-state index contributed by atoms with van der Waals surface area (Å²) in [6, 6.07) is 0. The molecule has 16 heavy (non-hydrogen) atoms. The summed E-state index contributed by atoms with van der Waals surface area (Å²) in [5.41, 5.74) is 5.56. The molecule has 1 rings (SSSR count). The Morgan fingerprint density at radius 2 is 1.88 bits per heavy atom. The SMILES string of the molecule is CCN(CC)C(=O)C1CCN(C(N)=S)CC1. The van der Waals surface area contributed by atoms with E-state index in [-0.39, 0.29) is 11.8 Å². The van der Waals surface area contributed by atoms with Gasteiger partial charge in [-0.25, -0.2) is 0 Å². The second-order valence-corrected chi connectivity index (χ2v) is 4.53. The smallest absolute Gasteiger partial charge is 0.225 e. The first-order valence-electron chi connectivity index (χ1n) is 5.93. The van der Waals surface area contributed by atoms with Gasteiger partial charge in [-0.3, -0.25) is 4.79 Å². The predicted octanol–water partition coefficient (Wildman–Crippen LogP) is 0.810. The van der Waals surface area contributed by atoms with Crippen molar-refractivity contribution in [1.82, 2.24) is 9.80 Å². The van der Waals surface area contributed by atoms with E-state index in [1.807, 2.05) is 23.6 Å². The van der Waals surface area contributed by atoms with Gasteiger partial charge in [-0.1, -0.05) is 0 Å². The molecule has 0 spiro atoms. The zero-order valence-electron chi connectivity index (χ0n) is 10.1. The number of hydrogen-bond donors (Lipinski definition) is 1. The highest BCUT2D eigenvalue weighted by Crippen LogP contribution is 2.19. The average molecular weight is 243 g/mol. The Morgan fingerprint density at radius 3 is 2.25 bits per heavy atom. The van der Waals surface area contributed by atoms with Crippen molar-refractivity contribution in [2.45, 2.75) is 26.7 Å². The van der Waals surface area contributed by atoms with Crippen LogP contribution in [0.1, 0.15) is 26.7 Å². The summed E-state index contributed by atoms with van der Waals surface area (Å²) < 4.78 is 0. The molecule has 1 heterocycles. The maximum absolute atomic E-state index is 12.1. The zero-order valence-corrected chi connectivity index (χ0v) is 10.9. The number of nitrogens with two attached hydrogens (primary N) is 1. The number of rotatable bonds is 3. The Bertz CT molecular complexity index is 258. The van der Waals surface area contributed by atoms with Gasteiger partial charge in [-0.2, -0.15) is 0 Å². The van der Waals surface area contributed by atoms with Gasteiger partial charge in [-0.05, 0) is 38.9 Å². The number of thiocarbonyl (C=S) groups is 1. The summed E-state index contributed by atoms with van der Waals surface area (Å²) in [5.74, 6) is 0.443. The van der Waals surface area contributed by atoms with Crippen LogP contribution in [0.2, 0.25) is 0 Å². The quantitative estimate of drug-likeness (QED) is 0.745. The lowest BCUT2D eigenvalue weighted by Crippen LogP contribution is -2.45. The molecule has 5 heteroatoms. The number of piperidine rings is 1. The van der Waals surface area contributed by atoms with Crippen LogP contribution in [0.5, 0.6) is 0 Å². The summed E-state index contributed by atoms with van der Waals surface area (Å²) >= 11 is 4.93. The Morgan fingerprint density at radius 1 is 1.38 bits per heavy atom. The Balaban J connectivity index is 2.47. The number of amides is 1. The van der Waals surface area contributed by atoms with Crippen LogP contribution in [0.25, 0.3) is 0 Å². The van der Waals surface area contributed by atoms with Crippen molar-refractivity contribution in [3.63, 3.8) is 0 Å². The van der Waals surface area contributed by atoms with Gasteiger partial charge in [0.15, 0.2) is 5.11 Å². The van der Waals surface area contributed by atoms with Crippen LogP contribution in [0.3, 0.4) is 0 Å². The van der Waals surface area contributed by atoms with E-state index in [1.165, 1.54) is 0 Å². The fraction of sp³-hybridized carbons (Fsp3) is 0.818. The molecule has 0 aromatic rings. The number of likely N-dealkylation sites (tertiary alicyclic amines) is 1. The van der Waals surface area contributed by atoms with Crippen LogP contribution < -0.4 is 5.73 Å². The largest absolute Gasteiger partial charge is 0.376 e. The minimum atomic E-state index is 0.158. The lowest BCUT2D eigenvalue weighted by atomic mass is 9.95. The monoisotopic (exact) mass is 243 g/mol. The van der Waals surface area contributed by atoms with Crippen molar-refractivity contribution in [2.24, 2.45) is 11.7 Å². The molecule has 0 atom stereocenters. The summed E-state index contributed by atoms with van der Waals surface area (Å²) in [7, 11) is 0. The molecule has 1 saturated heterocycles. The van der Waals surface area contributed by atoms with E-state index in [9.17, 15) is 4.79 Å². The van der Waals surface area contributed by atoms with E-state index in [1.54, 1.807) is 0 Å². The van der Waals surface area contributed by atoms with Gasteiger partial charge >= 0.3 is 0 Å². The van der Waals surface area contributed by atoms with Crippen LogP contribution in [-0.4, -0.2) is 47.0 Å². The van der Waals surface area contributed by atoms with E-state index in [0.717, 1.165) is 39.0 Å². The predicted molar refractivity (Wildman–Crippen MR) is 69.0 cm³/mol. The highest BCUT2D eigenvalue weighted by molar-refractivity contribution is 7.80. The van der Waals surface area contributed by atoms with Crippen LogP contribution in [0, 0.1) is 5.92 Å². The maximum atomic E-state index is 12.1. The molecule has 0 aromatic heterocycles. The Labute approximate surface area is 103 Å². The van der Waals surface area contributed by atoms with E-state index in [4.69, 9.17) is 18.0 Å². The fourth-order valence-corrected chi connectivity index (χ4v) is 2.32. The molecule has 1 aliphatic rings. The van der Waals surface area contributed by atoms with Gasteiger partial charge in [0.2, 0.25) is 5.91 Å². The topological polar surface area (TPSA) is 49.6 Å². The molecule has 1 amide bonds. The average Bonchev–Trinajstić information content (AvgIpc) is 2.30. The second-order valence-electron chi connectivity index (χ2n) is 4.11. The molecule has 92 valence electrons. The molecule has 2 N–H and O–H groups in total. The molecular formula is C11H21N3OS. The maximum Gasteiger partial charge on any atom is 0.225 e. The van der Waals surface area contributed by atoms with Crippen LogP contribution in [-0.2, 0) is 4.79 Å². The lowest BCUT2D eigenvalue weighted by Gasteiger charge is -2.33. The first-order chi connectivity index (χ1) is 7.60. The molecule has 0 unspecified atom stereocenters. The highest BCUT2D eigenvalue weighted by atomic mass is 32.1. The molecule has 4 nitrogen and oxygen atoms in total. The van der Waals surface area contributed by atoms with Crippen molar-refractivity contribution in [1.29, 1.82) is 0 Å². The molecule has 1 aliphatic heterocycles. The molecule has 0 radical (unpaired) electrons. The normalized spacial score (nSPS) is 17.2. The minimum absolute atomic E-state index is 0.158. The summed E-state index contributed by atoms with van der Waals surface area (Å²) in [6.45, 7) is 7.26. The first-order valence-corrected chi connectivity index (χ1v) is 6.34. The number of hydrogen-bond acceptors (Lipinski definition) is 2. The third-order valence-corrected chi connectivity index (χ3v) is 3.49. The molecule has 0 saturated carbocycles. The molecule has 0 bridgehead atoms. The fourth-order valence-electron chi connectivity index (χ4n) is 2.14. The van der Waals surface area contributed by atoms with Crippen LogP contribution >= 0.6 is 12.2 Å². The molecule has 1 fully saturated rings. The number of carbonyl (C=O) groups excluding carboxylic acids is 1. The number of nitrogens with zero attached hydrogens (tertiary/aromatic N) is 2. The van der Waals surface area contributed by atoms with Gasteiger partial charge < -0.3 is 15.5 Å². The third kappa shape index (κ3) is 3.07. The zero-order chi connectivity index (χ0) is 12.1. The van der Waals surface area contributed by atoms with Crippen molar-refractivity contribution in [3.8, 4) is 0 Å². The summed E-state index contributed by atoms with van der Waals surface area (Å²) in [5, 5.41) is 0.453. The van der Waals surface area contributed by atoms with Gasteiger partial charge in [0.1, 0.15) is 0 Å². The first kappa shape index (κ1) is 13.2. The minimum Gasteiger partial charge on any atom is -0.376 e. The van der Waals surface area contributed by atoms with Gasteiger partial charge in [-0.15, -0.1) is 0 Å². The summed E-state index contributed by atoms with van der Waals surface area (Å²) in [4.78, 5) is 16.0. The van der Waals surface area contributed by atoms with E-state index >= 15 is 0 Å². The van der Waals surface area contributed by atoms with E-state index in [0.29, 0.717) is 5.11 Å². The van der Waals surface area contributed by atoms with Gasteiger partial charge in [0.05, 0.1) is 0 Å². The van der Waals surface area contributed by atoms with Crippen molar-refractivity contribution in [2.75, 3.05) is 26.2 Å². The standard InChI is InChI=1S/C11H21N3OS/c1-3-13(4-2)10(15)9-5-7-14(8-6-9)11(12)16/h9H,3-8H2,1-2H3,(H2,12,16). The third-order valence-electron chi connectivity index (χ3n) is 3.23. The van der Waals surface area contributed by atoms with Crippen molar-refractivity contribution in [3.05, 3.63) is 0 Å². The second kappa shape index (κ2) is 6.03. The van der Waals surface area contributed by atoms with Crippen molar-refractivity contribution >= 4 is 23.2 Å². The Hall–Kier alpha value is -0.840. The highest BCUT2D eigenvalue weighted by Gasteiger charge is 2.27. The Kier molecular flexibility index (Phi) is 4.99. The van der Waals surface area contributed by atoms with Gasteiger partial charge in [0.25, 0.3) is 0 Å². The summed E-state index contributed by atoms with van der Waals surface area (Å²) in [6.07, 6.45) is 1.74. The van der Waals surface area contributed by atoms with Crippen LogP contribution in [0.4, 0.5) is 0 Å².